The molecule has 2 aliphatic heterocycles. The van der Waals surface area contributed by atoms with E-state index in [2.05, 4.69) is 18.8 Å². The van der Waals surface area contributed by atoms with Gasteiger partial charge in [-0.2, -0.15) is 0 Å². The first-order valence-corrected chi connectivity index (χ1v) is 16.0. The summed E-state index contributed by atoms with van der Waals surface area (Å²) in [7, 11) is 0. The van der Waals surface area contributed by atoms with Gasteiger partial charge < -0.3 is 0 Å². The third kappa shape index (κ3) is 3.97. The first-order valence-electron chi connectivity index (χ1n) is 9.64. The van der Waals surface area contributed by atoms with Crippen LogP contribution in [-0.2, 0) is 10.9 Å². The Kier molecular flexibility index (Phi) is 6.37. The van der Waals surface area contributed by atoms with Gasteiger partial charge in [0.1, 0.15) is 0 Å². The van der Waals surface area contributed by atoms with Crippen LogP contribution in [0, 0.1) is 6.92 Å². The molecule has 9 heteroatoms. The van der Waals surface area contributed by atoms with Crippen molar-refractivity contribution in [2.75, 3.05) is 6.61 Å². The molecule has 3 rings (SSSR count). The molecule has 0 bridgehead atoms. The third-order valence-corrected chi connectivity index (χ3v) is 15.1. The molecular weight excluding hydrogens is 459 g/mol. The van der Waals surface area contributed by atoms with Crippen LogP contribution >= 0.6 is 0 Å². The number of H-pyrrole nitrogens is 1. The summed E-state index contributed by atoms with van der Waals surface area (Å²) in [4.78, 5) is 26.3. The van der Waals surface area contributed by atoms with Gasteiger partial charge in [0.25, 0.3) is 0 Å². The molecule has 0 aromatic carbocycles. The molecule has 1 aromatic rings. The van der Waals surface area contributed by atoms with Gasteiger partial charge in [0.15, 0.2) is 0 Å². The van der Waals surface area contributed by atoms with Gasteiger partial charge in [-0.05, 0) is 0 Å². The van der Waals surface area contributed by atoms with E-state index in [0.717, 1.165) is 34.6 Å². The summed E-state index contributed by atoms with van der Waals surface area (Å²) in [5, 5.41) is 9.73. The van der Waals surface area contributed by atoms with E-state index in [9.17, 15) is 14.7 Å². The van der Waals surface area contributed by atoms with Gasteiger partial charge in [-0.25, -0.2) is 0 Å². The van der Waals surface area contributed by atoms with Gasteiger partial charge in [0.05, 0.1) is 0 Å². The second-order valence-electron chi connectivity index (χ2n) is 7.19. The van der Waals surface area contributed by atoms with E-state index in [1.54, 1.807) is 6.92 Å². The number of aliphatic hydroxyl groups excluding tert-OH is 1. The minimum atomic E-state index is -3.36. The Labute approximate surface area is 163 Å². The van der Waals surface area contributed by atoms with Gasteiger partial charge in [-0.3, -0.25) is 0 Å². The normalized spacial score (nSPS) is 23.3. The van der Waals surface area contributed by atoms with Crippen molar-refractivity contribution in [3.63, 3.8) is 0 Å². The van der Waals surface area contributed by atoms with Crippen molar-refractivity contribution in [2.45, 2.75) is 67.7 Å². The van der Waals surface area contributed by atoms with E-state index in [-0.39, 0.29) is 6.61 Å². The number of unbranched alkanes of at least 4 members (excludes halogenated alkanes) is 2. The zero-order valence-corrected chi connectivity index (χ0v) is 19.0. The number of ether oxygens (including phenoxy) is 1. The molecule has 8 nitrogen and oxygen atoms in total. The summed E-state index contributed by atoms with van der Waals surface area (Å²) in [6.45, 7) is 5.60. The van der Waals surface area contributed by atoms with E-state index in [1.165, 1.54) is 10.8 Å². The summed E-state index contributed by atoms with van der Waals surface area (Å²) in [6, 6.07) is 0. The van der Waals surface area contributed by atoms with Crippen LogP contribution in [-0.4, -0.2) is 46.6 Å². The van der Waals surface area contributed by atoms with Crippen LogP contribution < -0.4 is 11.2 Å². The third-order valence-electron chi connectivity index (χ3n) is 5.08. The number of nitrogens with one attached hydrogen (secondary N) is 1. The number of rotatable bonds is 8. The molecule has 3 heterocycles. The van der Waals surface area contributed by atoms with Crippen molar-refractivity contribution >= 4 is 19.2 Å². The second kappa shape index (κ2) is 8.40. The van der Waals surface area contributed by atoms with Gasteiger partial charge in [-0.1, -0.05) is 0 Å². The molecule has 27 heavy (non-hydrogen) atoms. The van der Waals surface area contributed by atoms with Gasteiger partial charge in [0.2, 0.25) is 0 Å². The molecule has 0 saturated carbocycles. The van der Waals surface area contributed by atoms with Crippen molar-refractivity contribution in [3.8, 4) is 0 Å². The molecule has 0 spiro atoms. The Balaban J connectivity index is 1.95. The number of fused-ring (bicyclic) bond motifs is 1. The fourth-order valence-corrected chi connectivity index (χ4v) is 14.5. The van der Waals surface area contributed by atoms with Crippen LogP contribution in [0.1, 0.15) is 51.3 Å². The zero-order valence-electron chi connectivity index (χ0n) is 16.1. The maximum absolute atomic E-state index is 12.3. The summed E-state index contributed by atoms with van der Waals surface area (Å²) in [6.07, 6.45) is 4.36. The number of aliphatic hydroxyl groups is 1. The number of aromatic amines is 1. The van der Waals surface area contributed by atoms with Crippen molar-refractivity contribution in [3.05, 3.63) is 44.1 Å². The van der Waals surface area contributed by atoms with E-state index >= 15 is 0 Å². The van der Waals surface area contributed by atoms with Crippen LogP contribution in [0.2, 0.25) is 8.87 Å². The number of hydrogen-bond acceptors (Lipinski definition) is 6. The van der Waals surface area contributed by atoms with Crippen LogP contribution in [0.25, 0.3) is 0 Å². The Bertz CT molecular complexity index is 822. The summed E-state index contributed by atoms with van der Waals surface area (Å²) in [5.41, 5.74) is -0.580. The van der Waals surface area contributed by atoms with Crippen molar-refractivity contribution in [2.24, 2.45) is 0 Å². The van der Waals surface area contributed by atoms with E-state index in [4.69, 9.17) is 10.9 Å². The van der Waals surface area contributed by atoms with Gasteiger partial charge in [0, 0.05) is 0 Å². The van der Waals surface area contributed by atoms with Crippen LogP contribution in [0.4, 0.5) is 0 Å². The SMILES string of the molecule is CCC[CH2][Sn]1([CH2]CCC)[O]C2=C(CO)O[C@@H](n3cc(C)c(=O)[nH]c3=O)C2[O]1. The van der Waals surface area contributed by atoms with Crippen LogP contribution in [0.15, 0.2) is 27.3 Å². The molecule has 1 unspecified atom stereocenters. The standard InChI is InChI=1S/C10H11N2O6.2C4H9.Sn/c1-4-2-12(10(17)11-8(4)16)9-7(15)6(14)5(3-13)18-9;2*1-3-4-2;/h2,7,9,13-14H,3H2,1H3,(H,11,16,17);2*1,3-4H2,2H3;/q-1;;;+2/p-1/t7?,9-;;;/m1.../s1. The Morgan fingerprint density at radius 1 is 1.22 bits per heavy atom. The number of nitrogens with zero attached hydrogens (tertiary/aromatic N) is 1. The molecule has 1 saturated heterocycles. The molecule has 0 amide bonds. The number of hydrogen-bond donors (Lipinski definition) is 2. The summed E-state index contributed by atoms with van der Waals surface area (Å²) < 4.78 is 22.0. The average molecular weight is 487 g/mol. The molecule has 2 aliphatic rings. The van der Waals surface area contributed by atoms with Crippen LogP contribution in [0.5, 0.6) is 0 Å². The number of aromatic nitrogens is 2. The van der Waals surface area contributed by atoms with E-state index in [1.807, 2.05) is 0 Å². The first kappa shape index (κ1) is 20.5. The second-order valence-corrected chi connectivity index (χ2v) is 16.5. The van der Waals surface area contributed by atoms with Crippen molar-refractivity contribution in [1.82, 2.24) is 9.55 Å². The average Bonchev–Trinajstić information content (AvgIpc) is 3.17. The van der Waals surface area contributed by atoms with Crippen molar-refractivity contribution < 1.29 is 16.0 Å². The van der Waals surface area contributed by atoms with Gasteiger partial charge in [-0.15, -0.1) is 0 Å². The molecule has 0 radical (unpaired) electrons. The predicted molar refractivity (Wildman–Crippen MR) is 101 cm³/mol. The quantitative estimate of drug-likeness (QED) is 0.545. The topological polar surface area (TPSA) is 103 Å². The van der Waals surface area contributed by atoms with Gasteiger partial charge >= 0.3 is 163 Å². The first-order chi connectivity index (χ1) is 12.9. The van der Waals surface area contributed by atoms with E-state index < -0.39 is 42.8 Å². The minimum absolute atomic E-state index is 0.313. The fraction of sp³-hybridized carbons (Fsp3) is 0.667. The monoisotopic (exact) mass is 488 g/mol. The molecule has 2 N–H and O–H groups in total. The molecular formula is C18H28N2O6Sn. The summed E-state index contributed by atoms with van der Waals surface area (Å²) >= 11 is -3.36. The molecule has 0 aliphatic carbocycles. The van der Waals surface area contributed by atoms with Crippen LogP contribution in [0.3, 0.4) is 0 Å². The van der Waals surface area contributed by atoms with E-state index in [0.29, 0.717) is 17.1 Å². The predicted octanol–water partition coefficient (Wildman–Crippen LogP) is 2.04. The maximum atomic E-state index is 12.3. The Morgan fingerprint density at radius 3 is 2.48 bits per heavy atom. The Hall–Kier alpha value is -1.26. The Morgan fingerprint density at radius 2 is 1.89 bits per heavy atom. The molecule has 150 valence electrons. The summed E-state index contributed by atoms with van der Waals surface area (Å²) in [5.74, 6) is 0.869. The molecule has 1 aromatic heterocycles. The number of aryl methyl sites for hydroxylation is 1. The molecule has 1 fully saturated rings. The van der Waals surface area contributed by atoms with Crippen molar-refractivity contribution in [1.29, 1.82) is 0 Å². The fourth-order valence-electron chi connectivity index (χ4n) is 3.57. The molecule has 2 atom stereocenters. The zero-order chi connectivity index (χ0) is 19.6.